The van der Waals surface area contributed by atoms with Crippen LogP contribution in [0.15, 0.2) is 182 Å². The second-order valence-electron chi connectivity index (χ2n) is 15.0. The van der Waals surface area contributed by atoms with Crippen molar-refractivity contribution in [3.05, 3.63) is 193 Å². The Labute approximate surface area is 308 Å². The second-order valence-corrected chi connectivity index (χ2v) is 15.0. The summed E-state index contributed by atoms with van der Waals surface area (Å²) in [4.78, 5) is 0. The highest BCUT2D eigenvalue weighted by Gasteiger charge is 2.38. The largest absolute Gasteiger partial charge is 0.309 e. The molecular formula is C51H36N2. The van der Waals surface area contributed by atoms with Crippen molar-refractivity contribution in [3.63, 3.8) is 0 Å². The number of hydrogen-bond donors (Lipinski definition) is 0. The van der Waals surface area contributed by atoms with Gasteiger partial charge in [-0.3, -0.25) is 0 Å². The van der Waals surface area contributed by atoms with Crippen LogP contribution in [0.5, 0.6) is 0 Å². The number of fused-ring (bicyclic) bond motifs is 9. The molecule has 10 aromatic rings. The molecule has 0 saturated heterocycles. The molecule has 0 atom stereocenters. The van der Waals surface area contributed by atoms with Gasteiger partial charge < -0.3 is 9.13 Å². The van der Waals surface area contributed by atoms with E-state index in [9.17, 15) is 0 Å². The van der Waals surface area contributed by atoms with E-state index in [1.165, 1.54) is 93.8 Å². The van der Waals surface area contributed by atoms with Gasteiger partial charge in [0.25, 0.3) is 0 Å². The SMILES string of the molecule is CC1(C)c2ccccc2-c2cccc(-n3c4ccccc4c4cc5c(cc43)c3ccccc3n5-c3ccc(-c4cccc(-c5ccccc5)c4)cc3)c21. The van der Waals surface area contributed by atoms with E-state index in [0.717, 1.165) is 5.69 Å². The first-order valence-corrected chi connectivity index (χ1v) is 18.5. The third kappa shape index (κ3) is 4.33. The van der Waals surface area contributed by atoms with Gasteiger partial charge in [0.1, 0.15) is 0 Å². The third-order valence-corrected chi connectivity index (χ3v) is 11.7. The topological polar surface area (TPSA) is 9.86 Å². The van der Waals surface area contributed by atoms with E-state index >= 15 is 0 Å². The van der Waals surface area contributed by atoms with Crippen molar-refractivity contribution in [2.45, 2.75) is 19.3 Å². The van der Waals surface area contributed by atoms with Crippen molar-refractivity contribution in [3.8, 4) is 44.8 Å². The summed E-state index contributed by atoms with van der Waals surface area (Å²) in [5, 5.41) is 5.04. The molecule has 1 aliphatic rings. The van der Waals surface area contributed by atoms with Crippen molar-refractivity contribution in [1.82, 2.24) is 9.13 Å². The smallest absolute Gasteiger partial charge is 0.0548 e. The lowest BCUT2D eigenvalue weighted by Crippen LogP contribution is -2.18. The Bertz CT molecular complexity index is 3060. The summed E-state index contributed by atoms with van der Waals surface area (Å²) in [7, 11) is 0. The zero-order valence-electron chi connectivity index (χ0n) is 29.7. The van der Waals surface area contributed by atoms with Crippen LogP contribution in [0.3, 0.4) is 0 Å². The number of hydrogen-bond acceptors (Lipinski definition) is 0. The van der Waals surface area contributed by atoms with Crippen molar-refractivity contribution < 1.29 is 0 Å². The Balaban J connectivity index is 1.12. The lowest BCUT2D eigenvalue weighted by molar-refractivity contribution is 0.656. The van der Waals surface area contributed by atoms with Gasteiger partial charge in [-0.1, -0.05) is 147 Å². The molecule has 0 N–H and O–H groups in total. The first kappa shape index (κ1) is 30.0. The number of benzene rings is 8. The van der Waals surface area contributed by atoms with Gasteiger partial charge >= 0.3 is 0 Å². The van der Waals surface area contributed by atoms with Gasteiger partial charge in [-0.15, -0.1) is 0 Å². The Kier molecular flexibility index (Phi) is 6.33. The number of para-hydroxylation sites is 2. The summed E-state index contributed by atoms with van der Waals surface area (Å²) < 4.78 is 4.97. The molecule has 0 aliphatic heterocycles. The van der Waals surface area contributed by atoms with Crippen LogP contribution in [0.4, 0.5) is 0 Å². The van der Waals surface area contributed by atoms with Crippen LogP contribution in [0.25, 0.3) is 88.4 Å². The molecule has 0 amide bonds. The third-order valence-electron chi connectivity index (χ3n) is 11.7. The van der Waals surface area contributed by atoms with Crippen LogP contribution in [0.2, 0.25) is 0 Å². The van der Waals surface area contributed by atoms with Gasteiger partial charge in [-0.05, 0) is 93.0 Å². The molecule has 0 radical (unpaired) electrons. The molecule has 0 bridgehead atoms. The Morgan fingerprint density at radius 3 is 1.60 bits per heavy atom. The van der Waals surface area contributed by atoms with Gasteiger partial charge in [-0.2, -0.15) is 0 Å². The number of aromatic nitrogens is 2. The maximum Gasteiger partial charge on any atom is 0.0548 e. The van der Waals surface area contributed by atoms with E-state index in [2.05, 4.69) is 205 Å². The molecule has 8 aromatic carbocycles. The molecule has 2 aromatic heterocycles. The zero-order valence-corrected chi connectivity index (χ0v) is 29.7. The quantitative estimate of drug-likeness (QED) is 0.176. The molecule has 2 heteroatoms. The van der Waals surface area contributed by atoms with E-state index < -0.39 is 0 Å². The van der Waals surface area contributed by atoms with E-state index in [4.69, 9.17) is 0 Å². The van der Waals surface area contributed by atoms with Crippen molar-refractivity contribution in [1.29, 1.82) is 0 Å². The van der Waals surface area contributed by atoms with Crippen molar-refractivity contribution in [2.75, 3.05) is 0 Å². The number of rotatable bonds is 4. The normalized spacial score (nSPS) is 13.2. The predicted octanol–water partition coefficient (Wildman–Crippen LogP) is 13.5. The molecule has 2 heterocycles. The van der Waals surface area contributed by atoms with Gasteiger partial charge in [0.2, 0.25) is 0 Å². The van der Waals surface area contributed by atoms with Gasteiger partial charge in [0.05, 0.1) is 27.8 Å². The van der Waals surface area contributed by atoms with Crippen LogP contribution in [0, 0.1) is 0 Å². The molecule has 0 unspecified atom stereocenters. The van der Waals surface area contributed by atoms with Crippen LogP contribution >= 0.6 is 0 Å². The molecule has 0 fully saturated rings. The molecule has 2 nitrogen and oxygen atoms in total. The first-order valence-electron chi connectivity index (χ1n) is 18.5. The minimum atomic E-state index is -0.130. The maximum atomic E-state index is 2.53. The summed E-state index contributed by atoms with van der Waals surface area (Å²) >= 11 is 0. The summed E-state index contributed by atoms with van der Waals surface area (Å²) in [5.41, 5.74) is 17.5. The maximum absolute atomic E-state index is 2.53. The lowest BCUT2D eigenvalue weighted by atomic mass is 9.81. The molecular weight excluding hydrogens is 641 g/mol. The van der Waals surface area contributed by atoms with Crippen molar-refractivity contribution in [2.24, 2.45) is 0 Å². The van der Waals surface area contributed by atoms with Crippen LogP contribution < -0.4 is 0 Å². The summed E-state index contributed by atoms with van der Waals surface area (Å²) in [6.07, 6.45) is 0. The van der Waals surface area contributed by atoms with E-state index in [0.29, 0.717) is 0 Å². The molecule has 0 saturated carbocycles. The van der Waals surface area contributed by atoms with E-state index in [-0.39, 0.29) is 5.41 Å². The molecule has 0 spiro atoms. The summed E-state index contributed by atoms with van der Waals surface area (Å²) in [6, 6.07) is 67.0. The fourth-order valence-corrected chi connectivity index (χ4v) is 9.29. The Hall–Kier alpha value is -6.64. The summed E-state index contributed by atoms with van der Waals surface area (Å²) in [6.45, 7) is 4.76. The second kappa shape index (κ2) is 11.2. The minimum Gasteiger partial charge on any atom is -0.309 e. The standard InChI is InChI=1S/C51H36N2/c1-51(2)44-22-9-6-18-38(44)41-21-13-25-47(50(41)51)53-46-24-11-8-20-40(46)43-31-48-42(32-49(43)53)39-19-7-10-23-45(39)52(48)37-28-26-34(27-29-37)36-17-12-16-35(30-36)33-14-4-3-5-15-33/h3-32H,1-2H3. The van der Waals surface area contributed by atoms with Crippen LogP contribution in [-0.4, -0.2) is 9.13 Å². The molecule has 250 valence electrons. The molecule has 11 rings (SSSR count). The summed E-state index contributed by atoms with van der Waals surface area (Å²) in [5.74, 6) is 0. The monoisotopic (exact) mass is 676 g/mol. The van der Waals surface area contributed by atoms with Crippen molar-refractivity contribution >= 4 is 43.6 Å². The highest BCUT2D eigenvalue weighted by Crippen LogP contribution is 2.52. The van der Waals surface area contributed by atoms with Crippen LogP contribution in [-0.2, 0) is 5.41 Å². The van der Waals surface area contributed by atoms with Crippen LogP contribution in [0.1, 0.15) is 25.0 Å². The fraction of sp³-hybridized carbons (Fsp3) is 0.0588. The average Bonchev–Trinajstić information content (AvgIpc) is 3.80. The van der Waals surface area contributed by atoms with Gasteiger partial charge in [-0.25, -0.2) is 0 Å². The average molecular weight is 677 g/mol. The van der Waals surface area contributed by atoms with E-state index in [1.54, 1.807) is 0 Å². The fourth-order valence-electron chi connectivity index (χ4n) is 9.29. The molecule has 1 aliphatic carbocycles. The van der Waals surface area contributed by atoms with Gasteiger partial charge in [0.15, 0.2) is 0 Å². The lowest BCUT2D eigenvalue weighted by Gasteiger charge is -2.25. The zero-order chi connectivity index (χ0) is 35.3. The minimum absolute atomic E-state index is 0.130. The first-order chi connectivity index (χ1) is 26.1. The Morgan fingerprint density at radius 1 is 0.358 bits per heavy atom. The van der Waals surface area contributed by atoms with Gasteiger partial charge in [0, 0.05) is 32.6 Å². The predicted molar refractivity (Wildman–Crippen MR) is 224 cm³/mol. The Morgan fingerprint density at radius 2 is 0.887 bits per heavy atom. The molecule has 53 heavy (non-hydrogen) atoms. The highest BCUT2D eigenvalue weighted by atomic mass is 15.0. The number of nitrogens with zero attached hydrogens (tertiary/aromatic N) is 2. The highest BCUT2D eigenvalue weighted by molar-refractivity contribution is 6.19. The van der Waals surface area contributed by atoms with E-state index in [1.807, 2.05) is 0 Å².